The van der Waals surface area contributed by atoms with Gasteiger partial charge in [-0.25, -0.2) is 4.79 Å². The standard InChI is InChI=1S/C22H22ClNO5/c1-28-21(26)18-4-2-3-15(13-18)14-29-22(27)17-9-11-24(12-10-17)20(25)16-5-7-19(23)8-6-16/h2-8,13,17H,9-12,14H2,1H3. The second-order valence-electron chi connectivity index (χ2n) is 6.87. The Bertz CT molecular complexity index is 888. The van der Waals surface area contributed by atoms with Crippen LogP contribution in [0.4, 0.5) is 0 Å². The topological polar surface area (TPSA) is 72.9 Å². The van der Waals surface area contributed by atoms with E-state index in [9.17, 15) is 14.4 Å². The lowest BCUT2D eigenvalue weighted by atomic mass is 9.96. The number of carbonyl (C=O) groups is 3. The summed E-state index contributed by atoms with van der Waals surface area (Å²) < 4.78 is 10.1. The average Bonchev–Trinajstić information content (AvgIpc) is 2.77. The summed E-state index contributed by atoms with van der Waals surface area (Å²) in [6.45, 7) is 1.09. The van der Waals surface area contributed by atoms with Crippen LogP contribution in [-0.2, 0) is 20.9 Å². The first-order chi connectivity index (χ1) is 14.0. The van der Waals surface area contributed by atoms with Crippen LogP contribution >= 0.6 is 11.6 Å². The van der Waals surface area contributed by atoms with Gasteiger partial charge in [0.1, 0.15) is 6.61 Å². The van der Waals surface area contributed by atoms with Crippen molar-refractivity contribution >= 4 is 29.4 Å². The van der Waals surface area contributed by atoms with E-state index in [1.807, 2.05) is 0 Å². The van der Waals surface area contributed by atoms with Gasteiger partial charge in [0, 0.05) is 23.7 Å². The molecule has 0 aliphatic carbocycles. The van der Waals surface area contributed by atoms with Crippen molar-refractivity contribution in [3.63, 3.8) is 0 Å². The normalized spacial score (nSPS) is 14.3. The minimum Gasteiger partial charge on any atom is -0.465 e. The van der Waals surface area contributed by atoms with Crippen LogP contribution in [0, 0.1) is 5.92 Å². The van der Waals surface area contributed by atoms with Gasteiger partial charge < -0.3 is 14.4 Å². The molecule has 1 fully saturated rings. The first kappa shape index (κ1) is 20.9. The van der Waals surface area contributed by atoms with Crippen molar-refractivity contribution in [2.75, 3.05) is 20.2 Å². The number of carbonyl (C=O) groups excluding carboxylic acids is 3. The molecule has 152 valence electrons. The van der Waals surface area contributed by atoms with Crippen molar-refractivity contribution < 1.29 is 23.9 Å². The highest BCUT2D eigenvalue weighted by molar-refractivity contribution is 6.30. The van der Waals surface area contributed by atoms with E-state index in [2.05, 4.69) is 0 Å². The molecule has 0 bridgehead atoms. The number of halogens is 1. The highest BCUT2D eigenvalue weighted by Gasteiger charge is 2.28. The fourth-order valence-corrected chi connectivity index (χ4v) is 3.40. The average molecular weight is 416 g/mol. The van der Waals surface area contributed by atoms with Crippen LogP contribution < -0.4 is 0 Å². The van der Waals surface area contributed by atoms with Gasteiger partial charge in [0.2, 0.25) is 0 Å². The zero-order valence-electron chi connectivity index (χ0n) is 16.1. The fourth-order valence-electron chi connectivity index (χ4n) is 3.27. The Labute approximate surface area is 174 Å². The lowest BCUT2D eigenvalue weighted by Crippen LogP contribution is -2.40. The molecule has 6 nitrogen and oxygen atoms in total. The molecule has 29 heavy (non-hydrogen) atoms. The molecular weight excluding hydrogens is 394 g/mol. The van der Waals surface area contributed by atoms with E-state index in [0.717, 1.165) is 5.56 Å². The van der Waals surface area contributed by atoms with Gasteiger partial charge in [0.15, 0.2) is 0 Å². The molecule has 0 radical (unpaired) electrons. The highest BCUT2D eigenvalue weighted by atomic mass is 35.5. The number of methoxy groups -OCH3 is 1. The number of benzene rings is 2. The van der Waals surface area contributed by atoms with E-state index in [4.69, 9.17) is 21.1 Å². The molecule has 1 amide bonds. The Morgan fingerprint density at radius 3 is 2.38 bits per heavy atom. The van der Waals surface area contributed by atoms with Gasteiger partial charge in [-0.15, -0.1) is 0 Å². The summed E-state index contributed by atoms with van der Waals surface area (Å²) in [4.78, 5) is 38.3. The second kappa shape index (κ2) is 9.56. The van der Waals surface area contributed by atoms with Gasteiger partial charge in [-0.05, 0) is 54.8 Å². The number of esters is 2. The van der Waals surface area contributed by atoms with Crippen molar-refractivity contribution in [3.8, 4) is 0 Å². The quantitative estimate of drug-likeness (QED) is 0.696. The molecule has 0 aromatic heterocycles. The summed E-state index contributed by atoms with van der Waals surface area (Å²) in [7, 11) is 1.32. The maximum Gasteiger partial charge on any atom is 0.337 e. The van der Waals surface area contributed by atoms with Crippen molar-refractivity contribution in [2.24, 2.45) is 5.92 Å². The Balaban J connectivity index is 1.49. The summed E-state index contributed by atoms with van der Waals surface area (Å²) >= 11 is 5.86. The molecule has 0 atom stereocenters. The van der Waals surface area contributed by atoms with Crippen LogP contribution in [0.15, 0.2) is 48.5 Å². The number of ether oxygens (including phenoxy) is 2. The Kier molecular flexibility index (Phi) is 6.88. The number of nitrogens with zero attached hydrogens (tertiary/aromatic N) is 1. The molecule has 2 aromatic carbocycles. The van der Waals surface area contributed by atoms with Crippen LogP contribution in [0.25, 0.3) is 0 Å². The number of likely N-dealkylation sites (tertiary alicyclic amines) is 1. The molecule has 1 aliphatic heterocycles. The van der Waals surface area contributed by atoms with E-state index in [0.29, 0.717) is 42.1 Å². The molecule has 0 unspecified atom stereocenters. The minimum atomic E-state index is -0.434. The summed E-state index contributed by atoms with van der Waals surface area (Å²) in [6.07, 6.45) is 1.11. The number of hydrogen-bond acceptors (Lipinski definition) is 5. The molecule has 2 aromatic rings. The third kappa shape index (κ3) is 5.35. The van der Waals surface area contributed by atoms with Crippen LogP contribution in [-0.4, -0.2) is 42.9 Å². The number of piperidine rings is 1. The van der Waals surface area contributed by atoms with Crippen LogP contribution in [0.2, 0.25) is 5.02 Å². The molecule has 1 aliphatic rings. The van der Waals surface area contributed by atoms with E-state index >= 15 is 0 Å². The SMILES string of the molecule is COC(=O)c1cccc(COC(=O)C2CCN(C(=O)c3ccc(Cl)cc3)CC2)c1. The van der Waals surface area contributed by atoms with Gasteiger partial charge >= 0.3 is 11.9 Å². The van der Waals surface area contributed by atoms with Gasteiger partial charge in [-0.1, -0.05) is 23.7 Å². The molecular formula is C22H22ClNO5. The molecule has 1 saturated heterocycles. The van der Waals surface area contributed by atoms with Gasteiger partial charge in [-0.3, -0.25) is 9.59 Å². The maximum atomic E-state index is 12.5. The van der Waals surface area contributed by atoms with Gasteiger partial charge in [0.25, 0.3) is 5.91 Å². The van der Waals surface area contributed by atoms with E-state index in [1.54, 1.807) is 53.4 Å². The van der Waals surface area contributed by atoms with Crippen LogP contribution in [0.1, 0.15) is 39.1 Å². The zero-order valence-corrected chi connectivity index (χ0v) is 16.9. The van der Waals surface area contributed by atoms with E-state index in [-0.39, 0.29) is 24.4 Å². The molecule has 0 saturated carbocycles. The summed E-state index contributed by atoms with van der Waals surface area (Å²) in [6, 6.07) is 13.6. The Morgan fingerprint density at radius 1 is 1.03 bits per heavy atom. The predicted molar refractivity (Wildman–Crippen MR) is 108 cm³/mol. The van der Waals surface area contributed by atoms with Crippen molar-refractivity contribution in [2.45, 2.75) is 19.4 Å². The van der Waals surface area contributed by atoms with E-state index in [1.165, 1.54) is 7.11 Å². The summed E-state index contributed by atoms with van der Waals surface area (Å²) in [5.41, 5.74) is 1.72. The molecule has 1 heterocycles. The summed E-state index contributed by atoms with van der Waals surface area (Å²) in [5.74, 6) is -1.02. The third-order valence-corrected chi connectivity index (χ3v) is 5.19. The first-order valence-corrected chi connectivity index (χ1v) is 9.74. The minimum absolute atomic E-state index is 0.0619. The third-order valence-electron chi connectivity index (χ3n) is 4.94. The lowest BCUT2D eigenvalue weighted by Gasteiger charge is -2.31. The van der Waals surface area contributed by atoms with Gasteiger partial charge in [-0.2, -0.15) is 0 Å². The Morgan fingerprint density at radius 2 is 1.72 bits per heavy atom. The molecule has 0 N–H and O–H groups in total. The number of hydrogen-bond donors (Lipinski definition) is 0. The molecule has 0 spiro atoms. The van der Waals surface area contributed by atoms with Gasteiger partial charge in [0.05, 0.1) is 18.6 Å². The summed E-state index contributed by atoms with van der Waals surface area (Å²) in [5, 5.41) is 0.583. The maximum absolute atomic E-state index is 12.5. The largest absolute Gasteiger partial charge is 0.465 e. The fraction of sp³-hybridized carbons (Fsp3) is 0.318. The smallest absolute Gasteiger partial charge is 0.337 e. The zero-order chi connectivity index (χ0) is 20.8. The number of rotatable bonds is 5. The second-order valence-corrected chi connectivity index (χ2v) is 7.31. The first-order valence-electron chi connectivity index (χ1n) is 9.36. The van der Waals surface area contributed by atoms with Crippen molar-refractivity contribution in [1.29, 1.82) is 0 Å². The molecule has 7 heteroatoms. The lowest BCUT2D eigenvalue weighted by molar-refractivity contribution is -0.151. The van der Waals surface area contributed by atoms with Crippen molar-refractivity contribution in [3.05, 3.63) is 70.2 Å². The van der Waals surface area contributed by atoms with Crippen LogP contribution in [0.5, 0.6) is 0 Å². The predicted octanol–water partition coefficient (Wildman–Crippen LogP) is 3.72. The number of amides is 1. The van der Waals surface area contributed by atoms with E-state index < -0.39 is 5.97 Å². The highest BCUT2D eigenvalue weighted by Crippen LogP contribution is 2.22. The van der Waals surface area contributed by atoms with Crippen LogP contribution in [0.3, 0.4) is 0 Å². The molecule has 3 rings (SSSR count). The van der Waals surface area contributed by atoms with Crippen molar-refractivity contribution in [1.82, 2.24) is 4.90 Å². The monoisotopic (exact) mass is 415 g/mol. The Hall–Kier alpha value is -2.86.